The summed E-state index contributed by atoms with van der Waals surface area (Å²) in [7, 11) is 3.29. The number of nitrogen functional groups attached to an aromatic ring is 2. The average Bonchev–Trinajstić information content (AvgIpc) is 2.61. The fraction of sp³-hybridized carbons (Fsp3) is 0.400. The second-order valence-electron chi connectivity index (χ2n) is 6.06. The Morgan fingerprint density at radius 3 is 1.54 bits per heavy atom. The monoisotopic (exact) mass is 328 g/mol. The van der Waals surface area contributed by atoms with Gasteiger partial charge in [-0.25, -0.2) is 0 Å². The number of ether oxygens (including phenoxy) is 2. The number of anilines is 2. The van der Waals surface area contributed by atoms with Crippen molar-refractivity contribution in [2.24, 2.45) is 5.92 Å². The van der Waals surface area contributed by atoms with Crippen molar-refractivity contribution in [1.29, 1.82) is 0 Å². The van der Waals surface area contributed by atoms with Gasteiger partial charge in [0.05, 0.1) is 25.6 Å². The number of hydrogen-bond donors (Lipinski definition) is 2. The first kappa shape index (κ1) is 18.0. The molecule has 0 aliphatic carbocycles. The van der Waals surface area contributed by atoms with Crippen molar-refractivity contribution >= 4 is 11.4 Å². The molecule has 4 heteroatoms. The summed E-state index contributed by atoms with van der Waals surface area (Å²) in [5, 5.41) is 0. The lowest BCUT2D eigenvalue weighted by Gasteiger charge is -2.27. The molecular formula is C20H28N2O2. The van der Waals surface area contributed by atoms with Gasteiger partial charge in [-0.2, -0.15) is 0 Å². The lowest BCUT2D eigenvalue weighted by molar-refractivity contribution is 0.407. The van der Waals surface area contributed by atoms with E-state index in [9.17, 15) is 0 Å². The van der Waals surface area contributed by atoms with E-state index in [1.165, 1.54) is 11.1 Å². The summed E-state index contributed by atoms with van der Waals surface area (Å²) < 4.78 is 10.8. The minimum atomic E-state index is 0.240. The quantitative estimate of drug-likeness (QED) is 0.737. The molecule has 2 aromatic rings. The van der Waals surface area contributed by atoms with Crippen LogP contribution in [0.2, 0.25) is 0 Å². The van der Waals surface area contributed by atoms with Crippen LogP contribution in [0, 0.1) is 5.92 Å². The zero-order valence-electron chi connectivity index (χ0n) is 15.0. The molecule has 0 fully saturated rings. The van der Waals surface area contributed by atoms with Crippen LogP contribution in [0.1, 0.15) is 43.7 Å². The maximum atomic E-state index is 5.98. The molecule has 0 saturated carbocycles. The summed E-state index contributed by atoms with van der Waals surface area (Å²) in [6.45, 7) is 4.45. The smallest absolute Gasteiger partial charge is 0.142 e. The Morgan fingerprint density at radius 2 is 1.21 bits per heavy atom. The number of hydrogen-bond acceptors (Lipinski definition) is 4. The number of methoxy groups -OCH3 is 2. The van der Waals surface area contributed by atoms with Gasteiger partial charge in [-0.1, -0.05) is 38.8 Å². The number of nitrogens with two attached hydrogens (primary N) is 2. The summed E-state index contributed by atoms with van der Waals surface area (Å²) in [6.07, 6.45) is 2.17. The third kappa shape index (κ3) is 3.58. The third-order valence-electron chi connectivity index (χ3n) is 4.75. The molecule has 0 heterocycles. The highest BCUT2D eigenvalue weighted by Crippen LogP contribution is 2.40. The Hall–Kier alpha value is -2.36. The minimum absolute atomic E-state index is 0.240. The lowest BCUT2D eigenvalue weighted by atomic mass is 9.78. The van der Waals surface area contributed by atoms with Gasteiger partial charge < -0.3 is 20.9 Å². The fourth-order valence-corrected chi connectivity index (χ4v) is 3.34. The van der Waals surface area contributed by atoms with Gasteiger partial charge in [-0.3, -0.25) is 0 Å². The molecule has 0 bridgehead atoms. The molecule has 4 N–H and O–H groups in total. The van der Waals surface area contributed by atoms with Crippen molar-refractivity contribution in [2.45, 2.75) is 32.6 Å². The third-order valence-corrected chi connectivity index (χ3v) is 4.75. The molecule has 0 aliphatic heterocycles. The number of benzene rings is 2. The van der Waals surface area contributed by atoms with Gasteiger partial charge in [0.25, 0.3) is 0 Å². The molecule has 0 radical (unpaired) electrons. The highest BCUT2D eigenvalue weighted by molar-refractivity contribution is 5.58. The Morgan fingerprint density at radius 1 is 0.792 bits per heavy atom. The van der Waals surface area contributed by atoms with Gasteiger partial charge in [0, 0.05) is 5.92 Å². The van der Waals surface area contributed by atoms with Gasteiger partial charge in [0.1, 0.15) is 11.5 Å². The molecule has 0 atom stereocenters. The van der Waals surface area contributed by atoms with Crippen LogP contribution in [-0.2, 0) is 0 Å². The van der Waals surface area contributed by atoms with E-state index in [4.69, 9.17) is 20.9 Å². The number of rotatable bonds is 7. The highest BCUT2D eigenvalue weighted by Gasteiger charge is 2.24. The standard InChI is InChI=1S/C20H28N2O2/c1-5-13(6-2)20(14-7-9-16(21)18(11-14)23-3)15-8-10-17(22)19(12-15)24-4/h7-13,20H,5-6,21-22H2,1-4H3. The molecule has 0 unspecified atom stereocenters. The van der Waals surface area contributed by atoms with Crippen molar-refractivity contribution in [1.82, 2.24) is 0 Å². The van der Waals surface area contributed by atoms with E-state index >= 15 is 0 Å². The Balaban J connectivity index is 2.57. The largest absolute Gasteiger partial charge is 0.495 e. The summed E-state index contributed by atoms with van der Waals surface area (Å²) in [5.74, 6) is 2.17. The maximum Gasteiger partial charge on any atom is 0.142 e. The summed E-state index contributed by atoms with van der Waals surface area (Å²) in [6, 6.07) is 12.1. The first-order chi connectivity index (χ1) is 11.5. The van der Waals surface area contributed by atoms with Crippen LogP contribution in [0.15, 0.2) is 36.4 Å². The second kappa shape index (κ2) is 7.95. The Kier molecular flexibility index (Phi) is 5.96. The van der Waals surface area contributed by atoms with Gasteiger partial charge in [0.2, 0.25) is 0 Å². The molecule has 0 aromatic heterocycles. The summed E-state index contributed by atoms with van der Waals surface area (Å²) >= 11 is 0. The normalized spacial score (nSPS) is 11.1. The van der Waals surface area contributed by atoms with Crippen LogP contribution in [0.25, 0.3) is 0 Å². The van der Waals surface area contributed by atoms with Gasteiger partial charge >= 0.3 is 0 Å². The molecule has 4 nitrogen and oxygen atoms in total. The molecule has 2 rings (SSSR count). The van der Waals surface area contributed by atoms with Crippen LogP contribution in [0.3, 0.4) is 0 Å². The van der Waals surface area contributed by atoms with Crippen LogP contribution in [0.5, 0.6) is 11.5 Å². The van der Waals surface area contributed by atoms with E-state index in [0.717, 1.165) is 12.8 Å². The topological polar surface area (TPSA) is 70.5 Å². The van der Waals surface area contributed by atoms with Crippen molar-refractivity contribution in [3.63, 3.8) is 0 Å². The molecule has 130 valence electrons. The maximum absolute atomic E-state index is 5.98. The van der Waals surface area contributed by atoms with E-state index < -0.39 is 0 Å². The van der Waals surface area contributed by atoms with Crippen molar-refractivity contribution in [3.8, 4) is 11.5 Å². The average molecular weight is 328 g/mol. The zero-order chi connectivity index (χ0) is 17.7. The van der Waals surface area contributed by atoms with Gasteiger partial charge in [0.15, 0.2) is 0 Å². The second-order valence-corrected chi connectivity index (χ2v) is 6.06. The van der Waals surface area contributed by atoms with Crippen molar-refractivity contribution < 1.29 is 9.47 Å². The summed E-state index contributed by atoms with van der Waals surface area (Å²) in [5.41, 5.74) is 15.7. The van der Waals surface area contributed by atoms with Crippen LogP contribution in [0.4, 0.5) is 11.4 Å². The molecule has 24 heavy (non-hydrogen) atoms. The van der Waals surface area contributed by atoms with Crippen molar-refractivity contribution in [2.75, 3.05) is 25.7 Å². The van der Waals surface area contributed by atoms with E-state index in [2.05, 4.69) is 26.0 Å². The highest BCUT2D eigenvalue weighted by atomic mass is 16.5. The first-order valence-electron chi connectivity index (χ1n) is 8.42. The predicted octanol–water partition coefficient (Wildman–Crippen LogP) is 4.44. The van der Waals surface area contributed by atoms with Gasteiger partial charge in [-0.05, 0) is 41.3 Å². The van der Waals surface area contributed by atoms with Crippen molar-refractivity contribution in [3.05, 3.63) is 47.5 Å². The Bertz CT molecular complexity index is 628. The summed E-state index contributed by atoms with van der Waals surface area (Å²) in [4.78, 5) is 0. The molecule has 0 amide bonds. The SMILES string of the molecule is CCC(CC)C(c1ccc(N)c(OC)c1)c1ccc(N)c(OC)c1. The molecule has 2 aromatic carbocycles. The van der Waals surface area contributed by atoms with Crippen LogP contribution in [-0.4, -0.2) is 14.2 Å². The Labute approximate surface area is 144 Å². The van der Waals surface area contributed by atoms with E-state index in [-0.39, 0.29) is 5.92 Å². The molecule has 0 aliphatic rings. The van der Waals surface area contributed by atoms with Gasteiger partial charge in [-0.15, -0.1) is 0 Å². The predicted molar refractivity (Wildman–Crippen MR) is 101 cm³/mol. The van der Waals surface area contributed by atoms with E-state index in [0.29, 0.717) is 28.8 Å². The molecular weight excluding hydrogens is 300 g/mol. The lowest BCUT2D eigenvalue weighted by Crippen LogP contribution is -2.14. The molecule has 0 saturated heterocycles. The fourth-order valence-electron chi connectivity index (χ4n) is 3.34. The van der Waals surface area contributed by atoms with E-state index in [1.54, 1.807) is 14.2 Å². The molecule has 0 spiro atoms. The minimum Gasteiger partial charge on any atom is -0.495 e. The van der Waals surface area contributed by atoms with E-state index in [1.807, 2.05) is 24.3 Å². The first-order valence-corrected chi connectivity index (χ1v) is 8.42. The zero-order valence-corrected chi connectivity index (χ0v) is 15.0. The van der Waals surface area contributed by atoms with Crippen LogP contribution < -0.4 is 20.9 Å². The van der Waals surface area contributed by atoms with Crippen LogP contribution >= 0.6 is 0 Å².